The minimum absolute atomic E-state index is 0.0480. The normalized spacial score (nSPS) is 17.0. The molecule has 34 heavy (non-hydrogen) atoms. The van der Waals surface area contributed by atoms with Crippen molar-refractivity contribution in [1.82, 2.24) is 9.80 Å². The third kappa shape index (κ3) is 4.41. The molecule has 0 N–H and O–H groups in total. The molecular formula is C27H27N3O4. The second-order valence-electron chi connectivity index (χ2n) is 8.40. The molecule has 1 amide bonds. The van der Waals surface area contributed by atoms with E-state index >= 15 is 0 Å². The van der Waals surface area contributed by atoms with Crippen molar-refractivity contribution in [2.75, 3.05) is 26.7 Å². The maximum atomic E-state index is 12.8. The molecule has 2 aliphatic heterocycles. The smallest absolute Gasteiger partial charge is 0.410 e. The van der Waals surface area contributed by atoms with Crippen LogP contribution in [0.2, 0.25) is 0 Å². The van der Waals surface area contributed by atoms with Gasteiger partial charge in [0, 0.05) is 25.7 Å². The van der Waals surface area contributed by atoms with Gasteiger partial charge in [-0.2, -0.15) is 0 Å². The monoisotopic (exact) mass is 457 g/mol. The van der Waals surface area contributed by atoms with E-state index < -0.39 is 0 Å². The number of amidine groups is 1. The number of carbonyl (C=O) groups excluding carboxylic acids is 1. The highest BCUT2D eigenvalue weighted by molar-refractivity contribution is 6.04. The van der Waals surface area contributed by atoms with Gasteiger partial charge in [-0.3, -0.25) is 0 Å². The summed E-state index contributed by atoms with van der Waals surface area (Å²) in [4.78, 5) is 21.8. The Bertz CT molecular complexity index is 1210. The molecule has 0 unspecified atom stereocenters. The fourth-order valence-corrected chi connectivity index (χ4v) is 4.29. The third-order valence-electron chi connectivity index (χ3n) is 6.11. The second kappa shape index (κ2) is 9.47. The first kappa shape index (κ1) is 21.8. The van der Waals surface area contributed by atoms with E-state index in [9.17, 15) is 4.79 Å². The summed E-state index contributed by atoms with van der Waals surface area (Å²) in [6.07, 6.45) is -0.297. The standard InChI is InChI=1S/C27H27N3O4/c1-19-17-29(14-15-30(19)27(31)33-18-20-8-4-3-5-9-20)26-22-16-21(32-2)12-13-24(22)34-25-11-7-6-10-23(25)28-26/h3-13,16,19H,14-15,17-18H2,1-2H3/t19-/m0/s1. The average Bonchev–Trinajstić information content (AvgIpc) is 3.04. The van der Waals surface area contributed by atoms with Crippen LogP contribution in [0.25, 0.3) is 0 Å². The first-order valence-electron chi connectivity index (χ1n) is 11.4. The summed E-state index contributed by atoms with van der Waals surface area (Å²) in [5.41, 5.74) is 2.60. The van der Waals surface area contributed by atoms with Gasteiger partial charge in [0.05, 0.1) is 12.7 Å². The number of piperazine rings is 1. The lowest BCUT2D eigenvalue weighted by Crippen LogP contribution is -2.55. The number of amides is 1. The number of methoxy groups -OCH3 is 1. The highest BCUT2D eigenvalue weighted by atomic mass is 16.6. The molecule has 0 radical (unpaired) electrons. The summed E-state index contributed by atoms with van der Waals surface area (Å²) in [7, 11) is 1.65. The van der Waals surface area contributed by atoms with E-state index in [0.717, 1.165) is 34.1 Å². The molecule has 174 valence electrons. The number of para-hydroxylation sites is 2. The molecule has 2 aliphatic rings. The van der Waals surface area contributed by atoms with Crippen LogP contribution in [-0.4, -0.2) is 54.5 Å². The predicted octanol–water partition coefficient (Wildman–Crippen LogP) is 5.22. The molecule has 3 aromatic rings. The van der Waals surface area contributed by atoms with E-state index in [4.69, 9.17) is 19.2 Å². The number of carbonyl (C=O) groups is 1. The number of hydrogen-bond donors (Lipinski definition) is 0. The third-order valence-corrected chi connectivity index (χ3v) is 6.11. The Balaban J connectivity index is 1.37. The van der Waals surface area contributed by atoms with Crippen LogP contribution in [0.4, 0.5) is 10.5 Å². The van der Waals surface area contributed by atoms with Crippen LogP contribution >= 0.6 is 0 Å². The number of aliphatic imine (C=N–C) groups is 1. The summed E-state index contributed by atoms with van der Waals surface area (Å²) in [6.45, 7) is 4.08. The molecule has 3 aromatic carbocycles. The summed E-state index contributed by atoms with van der Waals surface area (Å²) in [5, 5.41) is 0. The Kier molecular flexibility index (Phi) is 6.08. The van der Waals surface area contributed by atoms with Gasteiger partial charge >= 0.3 is 6.09 Å². The lowest BCUT2D eigenvalue weighted by atomic mass is 10.1. The van der Waals surface area contributed by atoms with Crippen molar-refractivity contribution in [1.29, 1.82) is 0 Å². The first-order chi connectivity index (χ1) is 16.6. The first-order valence-corrected chi connectivity index (χ1v) is 11.4. The zero-order valence-corrected chi connectivity index (χ0v) is 19.3. The Labute approximate surface area is 199 Å². The largest absolute Gasteiger partial charge is 0.497 e. The Hall–Kier alpha value is -4.00. The summed E-state index contributed by atoms with van der Waals surface area (Å²) in [6, 6.07) is 23.2. The molecule has 5 rings (SSSR count). The predicted molar refractivity (Wildman–Crippen MR) is 130 cm³/mol. The summed E-state index contributed by atoms with van der Waals surface area (Å²) >= 11 is 0. The van der Waals surface area contributed by atoms with Gasteiger partial charge in [0.2, 0.25) is 0 Å². The molecular weight excluding hydrogens is 430 g/mol. The number of nitrogens with zero attached hydrogens (tertiary/aromatic N) is 3. The van der Waals surface area contributed by atoms with E-state index in [-0.39, 0.29) is 18.7 Å². The fourth-order valence-electron chi connectivity index (χ4n) is 4.29. The number of ether oxygens (including phenoxy) is 3. The second-order valence-corrected chi connectivity index (χ2v) is 8.40. The van der Waals surface area contributed by atoms with Crippen molar-refractivity contribution in [2.24, 2.45) is 4.99 Å². The lowest BCUT2D eigenvalue weighted by Gasteiger charge is -2.40. The van der Waals surface area contributed by atoms with Gasteiger partial charge < -0.3 is 24.0 Å². The summed E-state index contributed by atoms with van der Waals surface area (Å²) in [5.74, 6) is 2.97. The fraction of sp³-hybridized carbons (Fsp3) is 0.259. The van der Waals surface area contributed by atoms with Crippen molar-refractivity contribution in [2.45, 2.75) is 19.6 Å². The van der Waals surface area contributed by atoms with Crippen LogP contribution in [-0.2, 0) is 11.3 Å². The molecule has 1 fully saturated rings. The highest BCUT2D eigenvalue weighted by Crippen LogP contribution is 2.39. The van der Waals surface area contributed by atoms with Crippen LogP contribution in [0.3, 0.4) is 0 Å². The topological polar surface area (TPSA) is 63.6 Å². The van der Waals surface area contributed by atoms with Crippen molar-refractivity contribution >= 4 is 17.6 Å². The molecule has 1 atom stereocenters. The van der Waals surface area contributed by atoms with Crippen LogP contribution in [0.15, 0.2) is 77.8 Å². The van der Waals surface area contributed by atoms with E-state index in [1.807, 2.05) is 79.7 Å². The van der Waals surface area contributed by atoms with Crippen LogP contribution < -0.4 is 9.47 Å². The van der Waals surface area contributed by atoms with Crippen LogP contribution in [0.5, 0.6) is 17.2 Å². The average molecular weight is 458 g/mol. The summed E-state index contributed by atoms with van der Waals surface area (Å²) < 4.78 is 17.2. The van der Waals surface area contributed by atoms with E-state index in [0.29, 0.717) is 25.4 Å². The number of fused-ring (bicyclic) bond motifs is 2. The van der Waals surface area contributed by atoms with Crippen LogP contribution in [0, 0.1) is 0 Å². The van der Waals surface area contributed by atoms with Crippen molar-refractivity contribution in [3.05, 3.63) is 83.9 Å². The Morgan fingerprint density at radius 3 is 2.62 bits per heavy atom. The molecule has 7 heteroatoms. The molecule has 0 aromatic heterocycles. The lowest BCUT2D eigenvalue weighted by molar-refractivity contribution is 0.0624. The van der Waals surface area contributed by atoms with Gasteiger partial charge in [0.25, 0.3) is 0 Å². The maximum absolute atomic E-state index is 12.8. The van der Waals surface area contributed by atoms with Gasteiger partial charge in [0.1, 0.15) is 29.6 Å². The van der Waals surface area contributed by atoms with Gasteiger partial charge in [-0.1, -0.05) is 42.5 Å². The van der Waals surface area contributed by atoms with Gasteiger partial charge in [-0.05, 0) is 42.8 Å². The van der Waals surface area contributed by atoms with E-state index in [1.54, 1.807) is 12.0 Å². The zero-order chi connectivity index (χ0) is 23.5. The van der Waals surface area contributed by atoms with Crippen molar-refractivity contribution in [3.63, 3.8) is 0 Å². The van der Waals surface area contributed by atoms with Crippen LogP contribution in [0.1, 0.15) is 18.1 Å². The number of rotatable bonds is 3. The Morgan fingerprint density at radius 2 is 1.82 bits per heavy atom. The maximum Gasteiger partial charge on any atom is 0.410 e. The van der Waals surface area contributed by atoms with Gasteiger partial charge in [0.15, 0.2) is 5.75 Å². The quantitative estimate of drug-likeness (QED) is 0.539. The Morgan fingerprint density at radius 1 is 1.03 bits per heavy atom. The van der Waals surface area contributed by atoms with Gasteiger partial charge in [-0.15, -0.1) is 0 Å². The van der Waals surface area contributed by atoms with E-state index in [1.165, 1.54) is 0 Å². The number of benzene rings is 3. The zero-order valence-electron chi connectivity index (χ0n) is 19.3. The molecule has 0 bridgehead atoms. The molecule has 2 heterocycles. The minimum atomic E-state index is -0.297. The van der Waals surface area contributed by atoms with Crippen molar-refractivity contribution < 1.29 is 19.0 Å². The number of hydrogen-bond acceptors (Lipinski definition) is 6. The molecule has 0 spiro atoms. The molecule has 0 saturated carbocycles. The van der Waals surface area contributed by atoms with Gasteiger partial charge in [-0.25, -0.2) is 9.79 Å². The minimum Gasteiger partial charge on any atom is -0.497 e. The molecule has 0 aliphatic carbocycles. The highest BCUT2D eigenvalue weighted by Gasteiger charge is 2.32. The molecule has 7 nitrogen and oxygen atoms in total. The van der Waals surface area contributed by atoms with E-state index in [2.05, 4.69) is 4.90 Å². The SMILES string of the molecule is COc1ccc2c(c1)C(N1CCN(C(=O)OCc3ccccc3)[C@@H](C)C1)=Nc1ccccc1O2. The van der Waals surface area contributed by atoms with Crippen molar-refractivity contribution in [3.8, 4) is 17.2 Å². The molecule has 1 saturated heterocycles.